The highest BCUT2D eigenvalue weighted by Gasteiger charge is 2.31. The number of hydrogen-bond acceptors (Lipinski definition) is 6. The van der Waals surface area contributed by atoms with E-state index in [1.165, 1.54) is 6.08 Å². The Hall–Kier alpha value is -5.20. The molecule has 2 aromatic rings. The monoisotopic (exact) mass is 591 g/mol. The molecule has 0 aliphatic rings. The zero-order valence-corrected chi connectivity index (χ0v) is 24.1. The lowest BCUT2D eigenvalue weighted by Crippen LogP contribution is -2.55. The summed E-state index contributed by atoms with van der Waals surface area (Å²) in [6, 6.07) is 13.9. The van der Waals surface area contributed by atoms with Crippen LogP contribution in [-0.2, 0) is 32.0 Å². The largest absolute Gasteiger partial charge is 0.384 e. The van der Waals surface area contributed by atoms with Crippen molar-refractivity contribution >= 4 is 35.4 Å². The minimum atomic E-state index is -1.19. The number of carbonyl (C=O) groups excluding carboxylic acids is 4. The summed E-state index contributed by atoms with van der Waals surface area (Å²) in [4.78, 5) is 56.0. The molecule has 0 fully saturated rings. The summed E-state index contributed by atoms with van der Waals surface area (Å²) < 4.78 is 0. The van der Waals surface area contributed by atoms with Crippen LogP contribution in [0.4, 0.5) is 0 Å². The first-order chi connectivity index (χ1) is 20.5. The Morgan fingerprint density at radius 1 is 0.837 bits per heavy atom. The van der Waals surface area contributed by atoms with Crippen molar-refractivity contribution in [2.75, 3.05) is 13.1 Å². The molecular formula is C30H41N9O4. The number of aliphatic imine (C=N–C) groups is 1. The number of nitrogen functional groups attached to an aromatic ring is 1. The highest BCUT2D eigenvalue weighted by molar-refractivity contribution is 6.02. The number of benzene rings is 2. The van der Waals surface area contributed by atoms with E-state index in [0.717, 1.165) is 5.56 Å². The van der Waals surface area contributed by atoms with E-state index in [-0.39, 0.29) is 44.1 Å². The maximum atomic E-state index is 13.6. The third-order valence-electron chi connectivity index (χ3n) is 6.56. The fraction of sp³-hybridized carbons (Fsp3) is 0.333. The number of guanidine groups is 1. The molecular weight excluding hydrogens is 550 g/mol. The van der Waals surface area contributed by atoms with Crippen LogP contribution in [0.15, 0.2) is 72.2 Å². The second kappa shape index (κ2) is 17.6. The van der Waals surface area contributed by atoms with E-state index >= 15 is 0 Å². The van der Waals surface area contributed by atoms with Gasteiger partial charge in [-0.1, -0.05) is 60.7 Å². The van der Waals surface area contributed by atoms with Gasteiger partial charge in [-0.05, 0) is 43.2 Å². The lowest BCUT2D eigenvalue weighted by Gasteiger charge is -2.24. The van der Waals surface area contributed by atoms with Crippen molar-refractivity contribution in [3.05, 3.63) is 83.9 Å². The molecule has 3 atom stereocenters. The van der Waals surface area contributed by atoms with Gasteiger partial charge in [-0.3, -0.25) is 29.6 Å². The highest BCUT2D eigenvalue weighted by Crippen LogP contribution is 2.14. The maximum absolute atomic E-state index is 13.6. The van der Waals surface area contributed by atoms with Crippen molar-refractivity contribution in [3.63, 3.8) is 0 Å². The maximum Gasteiger partial charge on any atom is 0.243 e. The summed E-state index contributed by atoms with van der Waals surface area (Å²) >= 11 is 0. The molecule has 2 unspecified atom stereocenters. The third-order valence-corrected chi connectivity index (χ3v) is 6.56. The van der Waals surface area contributed by atoms with Crippen molar-refractivity contribution < 1.29 is 19.2 Å². The molecule has 13 nitrogen and oxygen atoms in total. The second-order valence-corrected chi connectivity index (χ2v) is 9.90. The zero-order chi connectivity index (χ0) is 31.8. The van der Waals surface area contributed by atoms with Crippen LogP contribution in [0.2, 0.25) is 0 Å². The number of nitrogens with one attached hydrogen (secondary N) is 4. The van der Waals surface area contributed by atoms with E-state index in [2.05, 4.69) is 27.5 Å². The fourth-order valence-electron chi connectivity index (χ4n) is 4.21. The molecule has 0 aliphatic carbocycles. The van der Waals surface area contributed by atoms with Gasteiger partial charge in [-0.2, -0.15) is 0 Å². The van der Waals surface area contributed by atoms with E-state index in [9.17, 15) is 19.2 Å². The van der Waals surface area contributed by atoms with Crippen LogP contribution in [0, 0.1) is 11.3 Å². The van der Waals surface area contributed by atoms with Gasteiger partial charge >= 0.3 is 0 Å². The van der Waals surface area contributed by atoms with Gasteiger partial charge in [0.05, 0.1) is 0 Å². The number of amidine groups is 1. The fourth-order valence-corrected chi connectivity index (χ4v) is 4.21. The summed E-state index contributed by atoms with van der Waals surface area (Å²) in [5, 5.41) is 15.6. The van der Waals surface area contributed by atoms with Crippen LogP contribution in [-0.4, -0.2) is 60.6 Å². The van der Waals surface area contributed by atoms with E-state index < -0.39 is 41.6 Å². The number of nitrogens with two attached hydrogens (primary N) is 4. The molecule has 12 N–H and O–H groups in total. The predicted octanol–water partition coefficient (Wildman–Crippen LogP) is -0.427. The Balaban J connectivity index is 2.27. The van der Waals surface area contributed by atoms with Crippen LogP contribution in [0.1, 0.15) is 36.0 Å². The average molecular weight is 592 g/mol. The van der Waals surface area contributed by atoms with Crippen LogP contribution in [0.5, 0.6) is 0 Å². The Kier molecular flexibility index (Phi) is 13.9. The first-order valence-electron chi connectivity index (χ1n) is 13.8. The first kappa shape index (κ1) is 34.0. The third kappa shape index (κ3) is 12.1. The topological polar surface area (TPSA) is 245 Å². The summed E-state index contributed by atoms with van der Waals surface area (Å²) in [7, 11) is 0. The lowest BCUT2D eigenvalue weighted by molar-refractivity contribution is -0.138. The number of rotatable bonds is 18. The Morgan fingerprint density at radius 3 is 2.07 bits per heavy atom. The predicted molar refractivity (Wildman–Crippen MR) is 166 cm³/mol. The van der Waals surface area contributed by atoms with E-state index in [1.54, 1.807) is 24.3 Å². The smallest absolute Gasteiger partial charge is 0.243 e. The molecule has 0 bridgehead atoms. The number of nitrogens with zero attached hydrogens (tertiary/aromatic N) is 1. The molecule has 0 spiro atoms. The molecule has 0 saturated heterocycles. The van der Waals surface area contributed by atoms with Gasteiger partial charge in [0.2, 0.25) is 23.6 Å². The second-order valence-electron chi connectivity index (χ2n) is 9.90. The van der Waals surface area contributed by atoms with Gasteiger partial charge in [-0.25, -0.2) is 0 Å². The number of primary amides is 1. The number of amides is 4. The Labute approximate surface area is 251 Å². The minimum Gasteiger partial charge on any atom is -0.384 e. The first-order valence-corrected chi connectivity index (χ1v) is 13.8. The van der Waals surface area contributed by atoms with Gasteiger partial charge in [0.1, 0.15) is 23.8 Å². The van der Waals surface area contributed by atoms with Crippen molar-refractivity contribution in [1.82, 2.24) is 16.0 Å². The lowest BCUT2D eigenvalue weighted by atomic mass is 9.95. The van der Waals surface area contributed by atoms with Crippen LogP contribution >= 0.6 is 0 Å². The van der Waals surface area contributed by atoms with E-state index in [1.807, 2.05) is 30.3 Å². The molecule has 230 valence electrons. The summed E-state index contributed by atoms with van der Waals surface area (Å²) in [5.74, 6) is -3.99. The van der Waals surface area contributed by atoms with Gasteiger partial charge in [0, 0.05) is 18.7 Å². The van der Waals surface area contributed by atoms with Gasteiger partial charge < -0.3 is 38.9 Å². The van der Waals surface area contributed by atoms with Gasteiger partial charge in [0.15, 0.2) is 5.96 Å². The molecule has 0 radical (unpaired) electrons. The van der Waals surface area contributed by atoms with Crippen molar-refractivity contribution in [2.45, 2.75) is 44.2 Å². The van der Waals surface area contributed by atoms with Gasteiger partial charge in [-0.15, -0.1) is 6.58 Å². The summed E-state index contributed by atoms with van der Waals surface area (Å²) in [6.07, 6.45) is 2.69. The highest BCUT2D eigenvalue weighted by atomic mass is 16.2. The molecule has 43 heavy (non-hydrogen) atoms. The minimum absolute atomic E-state index is 0.0225. The Morgan fingerprint density at radius 2 is 1.49 bits per heavy atom. The SMILES string of the molecule is C=CCNC(=O)C(Cc1ccc(C(=N)N)cc1)C(=O)NC(CCc1ccccc1)C(=O)N[C@@H](CCCN=C(N)N)C(N)=O. The average Bonchev–Trinajstić information content (AvgIpc) is 2.98. The normalized spacial score (nSPS) is 12.6. The van der Waals surface area contributed by atoms with Crippen molar-refractivity contribution in [2.24, 2.45) is 33.8 Å². The van der Waals surface area contributed by atoms with Gasteiger partial charge in [0.25, 0.3) is 0 Å². The molecule has 0 heterocycles. The zero-order valence-electron chi connectivity index (χ0n) is 24.1. The number of hydrogen-bond donors (Lipinski definition) is 8. The number of carbonyl (C=O) groups is 4. The molecule has 0 aliphatic heterocycles. The van der Waals surface area contributed by atoms with Crippen LogP contribution in [0.25, 0.3) is 0 Å². The molecule has 0 aromatic heterocycles. The standard InChI is InChI=1S/C30H41N9O4/c1-2-16-36-27(41)22(18-20-10-13-21(14-11-20)25(31)32)28(42)39-24(15-12-19-7-4-3-5-8-19)29(43)38-23(26(33)40)9-6-17-37-30(34)35/h2-5,7-8,10-11,13-14,22-24H,1,6,9,12,15-18H2,(H3,31,32)(H2,33,40)(H,36,41)(H,38,43)(H,39,42)(H4,34,35,37)/t22?,23-,24?/m0/s1. The van der Waals surface area contributed by atoms with Crippen LogP contribution in [0.3, 0.4) is 0 Å². The van der Waals surface area contributed by atoms with Crippen LogP contribution < -0.4 is 38.9 Å². The van der Waals surface area contributed by atoms with Crippen molar-refractivity contribution in [1.29, 1.82) is 5.41 Å². The molecule has 13 heteroatoms. The van der Waals surface area contributed by atoms with Crippen molar-refractivity contribution in [3.8, 4) is 0 Å². The molecule has 2 rings (SSSR count). The molecule has 2 aromatic carbocycles. The summed E-state index contributed by atoms with van der Waals surface area (Å²) in [5.41, 5.74) is 23.8. The quantitative estimate of drug-likeness (QED) is 0.0373. The summed E-state index contributed by atoms with van der Waals surface area (Å²) in [6.45, 7) is 3.98. The molecule has 0 saturated carbocycles. The molecule has 4 amide bonds. The Bertz CT molecular complexity index is 1290. The number of aryl methyl sites for hydroxylation is 1. The van der Waals surface area contributed by atoms with E-state index in [0.29, 0.717) is 24.0 Å². The van der Waals surface area contributed by atoms with E-state index in [4.69, 9.17) is 28.3 Å².